The van der Waals surface area contributed by atoms with Crippen molar-refractivity contribution in [3.05, 3.63) is 29.8 Å². The number of methoxy groups -OCH3 is 1. The van der Waals surface area contributed by atoms with Gasteiger partial charge in [-0.05, 0) is 50.1 Å². The quantitative estimate of drug-likeness (QED) is 0.548. The molecule has 0 aliphatic carbocycles. The van der Waals surface area contributed by atoms with Crippen molar-refractivity contribution in [3.8, 4) is 5.75 Å². The summed E-state index contributed by atoms with van der Waals surface area (Å²) >= 11 is 1.92. The molecular formula is C19H31N3O2S. The van der Waals surface area contributed by atoms with Crippen LogP contribution in [0.25, 0.3) is 0 Å². The number of rotatable bonds is 8. The Labute approximate surface area is 156 Å². The zero-order valence-corrected chi connectivity index (χ0v) is 16.5. The number of hydrogen-bond donors (Lipinski definition) is 2. The summed E-state index contributed by atoms with van der Waals surface area (Å²) in [5.74, 6) is 1.79. The molecule has 0 bridgehead atoms. The Bertz CT molecular complexity index is 528. The molecule has 2 rings (SSSR count). The molecule has 0 unspecified atom stereocenters. The molecule has 1 saturated heterocycles. The molecule has 25 heavy (non-hydrogen) atoms. The van der Waals surface area contributed by atoms with Crippen molar-refractivity contribution in [1.29, 1.82) is 0 Å². The van der Waals surface area contributed by atoms with E-state index in [0.29, 0.717) is 0 Å². The fourth-order valence-corrected chi connectivity index (χ4v) is 3.62. The van der Waals surface area contributed by atoms with Crippen LogP contribution in [-0.2, 0) is 11.2 Å². The maximum atomic E-state index is 5.51. The Kier molecular flexibility index (Phi) is 8.41. The highest BCUT2D eigenvalue weighted by Crippen LogP contribution is 2.33. The lowest BCUT2D eigenvalue weighted by Gasteiger charge is -2.34. The van der Waals surface area contributed by atoms with Gasteiger partial charge in [0, 0.05) is 31.1 Å². The van der Waals surface area contributed by atoms with E-state index in [1.165, 1.54) is 5.56 Å². The van der Waals surface area contributed by atoms with E-state index in [9.17, 15) is 0 Å². The third-order valence-electron chi connectivity index (χ3n) is 4.57. The smallest absolute Gasteiger partial charge is 0.191 e. The summed E-state index contributed by atoms with van der Waals surface area (Å²) in [6.07, 6.45) is 5.28. The van der Waals surface area contributed by atoms with E-state index in [2.05, 4.69) is 35.9 Å². The third kappa shape index (κ3) is 6.44. The zero-order chi connectivity index (χ0) is 18.0. The summed E-state index contributed by atoms with van der Waals surface area (Å²) in [5, 5.41) is 6.79. The molecule has 0 radical (unpaired) electrons. The Balaban J connectivity index is 1.86. The van der Waals surface area contributed by atoms with E-state index in [1.807, 2.05) is 23.9 Å². The van der Waals surface area contributed by atoms with Crippen LogP contribution >= 0.6 is 11.8 Å². The molecule has 1 aliphatic heterocycles. The van der Waals surface area contributed by atoms with Gasteiger partial charge in [-0.3, -0.25) is 4.99 Å². The summed E-state index contributed by atoms with van der Waals surface area (Å²) < 4.78 is 10.9. The molecular weight excluding hydrogens is 334 g/mol. The van der Waals surface area contributed by atoms with Gasteiger partial charge in [0.05, 0.1) is 13.7 Å². The first kappa shape index (κ1) is 19.9. The lowest BCUT2D eigenvalue weighted by atomic mass is 9.99. The van der Waals surface area contributed by atoms with Crippen LogP contribution in [0.15, 0.2) is 29.3 Å². The lowest BCUT2D eigenvalue weighted by molar-refractivity contribution is 0.0794. The first-order valence-electron chi connectivity index (χ1n) is 8.99. The van der Waals surface area contributed by atoms with Gasteiger partial charge in [-0.15, -0.1) is 0 Å². The van der Waals surface area contributed by atoms with Crippen LogP contribution in [0.4, 0.5) is 0 Å². The van der Waals surface area contributed by atoms with Crippen LogP contribution in [0.5, 0.6) is 5.75 Å². The maximum Gasteiger partial charge on any atom is 0.191 e. The van der Waals surface area contributed by atoms with Crippen molar-refractivity contribution in [2.45, 2.75) is 30.9 Å². The van der Waals surface area contributed by atoms with E-state index < -0.39 is 0 Å². The van der Waals surface area contributed by atoms with Crippen molar-refractivity contribution in [2.24, 2.45) is 4.99 Å². The summed E-state index contributed by atoms with van der Waals surface area (Å²) in [4.78, 5) is 4.84. The molecule has 1 heterocycles. The fourth-order valence-electron chi connectivity index (χ4n) is 2.85. The average Bonchev–Trinajstić information content (AvgIpc) is 2.67. The number of benzene rings is 1. The summed E-state index contributed by atoms with van der Waals surface area (Å²) in [6.45, 7) is 6.34. The SMILES string of the molecule is CCNC(=NCC1(SC)CCOCC1)NCCc1ccc(OC)cc1. The van der Waals surface area contributed by atoms with E-state index in [-0.39, 0.29) is 4.75 Å². The first-order chi connectivity index (χ1) is 12.2. The molecule has 1 fully saturated rings. The number of hydrogen-bond acceptors (Lipinski definition) is 4. The molecule has 140 valence electrons. The van der Waals surface area contributed by atoms with E-state index in [1.54, 1.807) is 7.11 Å². The minimum absolute atomic E-state index is 0.219. The second kappa shape index (κ2) is 10.6. The third-order valence-corrected chi connectivity index (χ3v) is 5.98. The summed E-state index contributed by atoms with van der Waals surface area (Å²) in [6, 6.07) is 8.22. The highest BCUT2D eigenvalue weighted by atomic mass is 32.2. The van der Waals surface area contributed by atoms with Gasteiger partial charge in [0.1, 0.15) is 5.75 Å². The van der Waals surface area contributed by atoms with Crippen molar-refractivity contribution < 1.29 is 9.47 Å². The predicted molar refractivity (Wildman–Crippen MR) is 107 cm³/mol. The first-order valence-corrected chi connectivity index (χ1v) is 10.2. The van der Waals surface area contributed by atoms with Crippen molar-refractivity contribution >= 4 is 17.7 Å². The highest BCUT2D eigenvalue weighted by molar-refractivity contribution is 8.00. The van der Waals surface area contributed by atoms with Gasteiger partial charge in [-0.2, -0.15) is 11.8 Å². The Morgan fingerprint density at radius 2 is 1.96 bits per heavy atom. The Hall–Kier alpha value is -1.40. The van der Waals surface area contributed by atoms with Gasteiger partial charge in [0.15, 0.2) is 5.96 Å². The van der Waals surface area contributed by atoms with Gasteiger partial charge < -0.3 is 20.1 Å². The molecule has 1 aromatic rings. The van der Waals surface area contributed by atoms with Gasteiger partial charge >= 0.3 is 0 Å². The van der Waals surface area contributed by atoms with Gasteiger partial charge in [0.25, 0.3) is 0 Å². The molecule has 0 spiro atoms. The normalized spacial score (nSPS) is 17.2. The van der Waals surface area contributed by atoms with Gasteiger partial charge in [-0.25, -0.2) is 0 Å². The lowest BCUT2D eigenvalue weighted by Crippen LogP contribution is -2.41. The Morgan fingerprint density at radius 3 is 2.56 bits per heavy atom. The molecule has 1 aliphatic rings. The van der Waals surface area contributed by atoms with Crippen LogP contribution < -0.4 is 15.4 Å². The Morgan fingerprint density at radius 1 is 1.24 bits per heavy atom. The molecule has 2 N–H and O–H groups in total. The largest absolute Gasteiger partial charge is 0.497 e. The zero-order valence-electron chi connectivity index (χ0n) is 15.6. The standard InChI is InChI=1S/C19H31N3O2S/c1-4-20-18(22-15-19(25-3)10-13-24-14-11-19)21-12-9-16-5-7-17(23-2)8-6-16/h5-8H,4,9-15H2,1-3H3,(H2,20,21,22). The van der Waals surface area contributed by atoms with Crippen LogP contribution in [0.1, 0.15) is 25.3 Å². The van der Waals surface area contributed by atoms with Crippen molar-refractivity contribution in [2.75, 3.05) is 46.2 Å². The predicted octanol–water partition coefficient (Wildman–Crippen LogP) is 2.71. The minimum Gasteiger partial charge on any atom is -0.497 e. The molecule has 1 aromatic carbocycles. The number of nitrogens with zero attached hydrogens (tertiary/aromatic N) is 1. The molecule has 6 heteroatoms. The van der Waals surface area contributed by atoms with Crippen LogP contribution in [0, 0.1) is 0 Å². The second-order valence-electron chi connectivity index (χ2n) is 6.22. The number of nitrogens with one attached hydrogen (secondary N) is 2. The average molecular weight is 366 g/mol. The van der Waals surface area contributed by atoms with Gasteiger partial charge in [0.2, 0.25) is 0 Å². The number of guanidine groups is 1. The second-order valence-corrected chi connectivity index (χ2v) is 7.49. The number of aliphatic imine (C=N–C) groups is 1. The van der Waals surface area contributed by atoms with Crippen molar-refractivity contribution in [1.82, 2.24) is 10.6 Å². The number of thioether (sulfide) groups is 1. The van der Waals surface area contributed by atoms with E-state index in [4.69, 9.17) is 14.5 Å². The molecule has 5 nitrogen and oxygen atoms in total. The summed E-state index contributed by atoms with van der Waals surface area (Å²) in [7, 11) is 1.69. The molecule has 0 amide bonds. The van der Waals surface area contributed by atoms with Crippen molar-refractivity contribution in [3.63, 3.8) is 0 Å². The number of ether oxygens (including phenoxy) is 2. The van der Waals surface area contributed by atoms with E-state index >= 15 is 0 Å². The highest BCUT2D eigenvalue weighted by Gasteiger charge is 2.31. The molecule has 0 atom stereocenters. The topological polar surface area (TPSA) is 54.9 Å². The van der Waals surface area contributed by atoms with Crippen LogP contribution in [-0.4, -0.2) is 56.9 Å². The molecule has 0 aromatic heterocycles. The monoisotopic (exact) mass is 365 g/mol. The van der Waals surface area contributed by atoms with E-state index in [0.717, 1.165) is 63.8 Å². The van der Waals surface area contributed by atoms with Crippen LogP contribution in [0.3, 0.4) is 0 Å². The fraction of sp³-hybridized carbons (Fsp3) is 0.632. The molecule has 0 saturated carbocycles. The maximum absolute atomic E-state index is 5.51. The van der Waals surface area contributed by atoms with Gasteiger partial charge in [-0.1, -0.05) is 12.1 Å². The van der Waals surface area contributed by atoms with Crippen LogP contribution in [0.2, 0.25) is 0 Å². The summed E-state index contributed by atoms with van der Waals surface area (Å²) in [5.41, 5.74) is 1.29. The minimum atomic E-state index is 0.219.